The van der Waals surface area contributed by atoms with Crippen LogP contribution in [0.4, 0.5) is 11.4 Å². The molecule has 0 aromatic heterocycles. The molecule has 2 rings (SSSR count). The Bertz CT molecular complexity index is 549. The summed E-state index contributed by atoms with van der Waals surface area (Å²) >= 11 is 0. The molecule has 112 valence electrons. The summed E-state index contributed by atoms with van der Waals surface area (Å²) in [6.07, 6.45) is 1.03. The zero-order chi connectivity index (χ0) is 15.1. The number of hydrogen-bond acceptors (Lipinski definition) is 3. The van der Waals surface area contributed by atoms with Crippen LogP contribution < -0.4 is 15.0 Å². The minimum atomic E-state index is 0.767. The average molecular weight is 284 g/mol. The molecule has 2 aromatic rings. The first-order valence-electron chi connectivity index (χ1n) is 7.42. The van der Waals surface area contributed by atoms with Crippen LogP contribution >= 0.6 is 0 Å². The van der Waals surface area contributed by atoms with Crippen molar-refractivity contribution >= 4 is 11.4 Å². The van der Waals surface area contributed by atoms with E-state index in [1.165, 1.54) is 11.3 Å². The Morgan fingerprint density at radius 1 is 1.05 bits per heavy atom. The highest BCUT2D eigenvalue weighted by molar-refractivity contribution is 5.54. The first-order valence-corrected chi connectivity index (χ1v) is 7.42. The Balaban J connectivity index is 1.93. The van der Waals surface area contributed by atoms with Crippen LogP contribution in [0.15, 0.2) is 48.5 Å². The molecule has 0 saturated heterocycles. The summed E-state index contributed by atoms with van der Waals surface area (Å²) in [6.45, 7) is 3.68. The molecule has 1 N–H and O–H groups in total. The molecular weight excluding hydrogens is 260 g/mol. The molecule has 0 fully saturated rings. The van der Waals surface area contributed by atoms with Crippen molar-refractivity contribution in [1.82, 2.24) is 0 Å². The fourth-order valence-corrected chi connectivity index (χ4v) is 2.05. The SMILES string of the molecule is CCCOc1cccc(CNc2ccc(N(C)C)cc2)c1. The van der Waals surface area contributed by atoms with E-state index in [0.717, 1.165) is 31.0 Å². The quantitative estimate of drug-likeness (QED) is 0.826. The van der Waals surface area contributed by atoms with Gasteiger partial charge in [0.05, 0.1) is 6.61 Å². The van der Waals surface area contributed by atoms with Crippen LogP contribution in [0.5, 0.6) is 5.75 Å². The lowest BCUT2D eigenvalue weighted by molar-refractivity contribution is 0.317. The van der Waals surface area contributed by atoms with E-state index in [-0.39, 0.29) is 0 Å². The molecule has 0 amide bonds. The Hall–Kier alpha value is -2.16. The van der Waals surface area contributed by atoms with E-state index in [4.69, 9.17) is 4.74 Å². The Morgan fingerprint density at radius 2 is 1.81 bits per heavy atom. The van der Waals surface area contributed by atoms with Gasteiger partial charge in [0.2, 0.25) is 0 Å². The second-order valence-electron chi connectivity index (χ2n) is 5.29. The van der Waals surface area contributed by atoms with Gasteiger partial charge in [0.25, 0.3) is 0 Å². The van der Waals surface area contributed by atoms with Crippen molar-refractivity contribution in [3.63, 3.8) is 0 Å². The molecule has 3 nitrogen and oxygen atoms in total. The van der Waals surface area contributed by atoms with Gasteiger partial charge in [-0.05, 0) is 48.4 Å². The topological polar surface area (TPSA) is 24.5 Å². The normalized spacial score (nSPS) is 10.2. The van der Waals surface area contributed by atoms with E-state index in [1.54, 1.807) is 0 Å². The zero-order valence-corrected chi connectivity index (χ0v) is 13.1. The van der Waals surface area contributed by atoms with Gasteiger partial charge in [0, 0.05) is 32.0 Å². The Morgan fingerprint density at radius 3 is 2.48 bits per heavy atom. The number of anilines is 2. The molecule has 0 saturated carbocycles. The highest BCUT2D eigenvalue weighted by atomic mass is 16.5. The number of benzene rings is 2. The van der Waals surface area contributed by atoms with Crippen LogP contribution in [-0.4, -0.2) is 20.7 Å². The molecule has 0 aliphatic rings. The van der Waals surface area contributed by atoms with E-state index < -0.39 is 0 Å². The van der Waals surface area contributed by atoms with Crippen LogP contribution in [0, 0.1) is 0 Å². The molecule has 2 aromatic carbocycles. The lowest BCUT2D eigenvalue weighted by Crippen LogP contribution is -2.08. The maximum atomic E-state index is 5.66. The number of nitrogens with one attached hydrogen (secondary N) is 1. The van der Waals surface area contributed by atoms with Gasteiger partial charge in [0.1, 0.15) is 5.75 Å². The highest BCUT2D eigenvalue weighted by Crippen LogP contribution is 2.18. The van der Waals surface area contributed by atoms with Gasteiger partial charge >= 0.3 is 0 Å². The third-order valence-corrected chi connectivity index (χ3v) is 3.25. The van der Waals surface area contributed by atoms with E-state index in [9.17, 15) is 0 Å². The van der Waals surface area contributed by atoms with Gasteiger partial charge in [-0.2, -0.15) is 0 Å². The third kappa shape index (κ3) is 4.71. The largest absolute Gasteiger partial charge is 0.494 e. The predicted octanol–water partition coefficient (Wildman–Crippen LogP) is 4.15. The maximum absolute atomic E-state index is 5.66. The van der Waals surface area contributed by atoms with Crippen LogP contribution in [0.1, 0.15) is 18.9 Å². The standard InChI is InChI=1S/C18H24N2O/c1-4-12-21-18-7-5-6-15(13-18)14-19-16-8-10-17(11-9-16)20(2)3/h5-11,13,19H,4,12,14H2,1-3H3. The van der Waals surface area contributed by atoms with E-state index >= 15 is 0 Å². The average Bonchev–Trinajstić information content (AvgIpc) is 2.52. The minimum absolute atomic E-state index is 0.767. The third-order valence-electron chi connectivity index (χ3n) is 3.25. The predicted molar refractivity (Wildman–Crippen MR) is 90.3 cm³/mol. The molecular formula is C18H24N2O. The summed E-state index contributed by atoms with van der Waals surface area (Å²) in [5.41, 5.74) is 3.55. The number of nitrogens with zero attached hydrogens (tertiary/aromatic N) is 1. The summed E-state index contributed by atoms with van der Waals surface area (Å²) in [4.78, 5) is 2.10. The summed E-state index contributed by atoms with van der Waals surface area (Å²) in [5, 5.41) is 3.44. The number of ether oxygens (including phenoxy) is 1. The van der Waals surface area contributed by atoms with Crippen molar-refractivity contribution in [1.29, 1.82) is 0 Å². The van der Waals surface area contributed by atoms with Crippen molar-refractivity contribution in [2.75, 3.05) is 30.9 Å². The number of rotatable bonds is 7. The van der Waals surface area contributed by atoms with E-state index in [2.05, 4.69) is 53.5 Å². The molecule has 21 heavy (non-hydrogen) atoms. The first-order chi connectivity index (χ1) is 10.2. The second kappa shape index (κ2) is 7.58. The highest BCUT2D eigenvalue weighted by Gasteiger charge is 1.99. The van der Waals surface area contributed by atoms with Crippen LogP contribution in [0.25, 0.3) is 0 Å². The lowest BCUT2D eigenvalue weighted by atomic mass is 10.2. The first kappa shape index (κ1) is 15.2. The zero-order valence-electron chi connectivity index (χ0n) is 13.1. The van der Waals surface area contributed by atoms with Gasteiger partial charge in [-0.15, -0.1) is 0 Å². The van der Waals surface area contributed by atoms with Crippen molar-refractivity contribution in [3.05, 3.63) is 54.1 Å². The summed E-state index contributed by atoms with van der Waals surface area (Å²) < 4.78 is 5.66. The van der Waals surface area contributed by atoms with Gasteiger partial charge in [0.15, 0.2) is 0 Å². The second-order valence-corrected chi connectivity index (χ2v) is 5.29. The molecule has 0 aliphatic carbocycles. The fraction of sp³-hybridized carbons (Fsp3) is 0.333. The molecule has 0 unspecified atom stereocenters. The van der Waals surface area contributed by atoms with Crippen molar-refractivity contribution in [2.45, 2.75) is 19.9 Å². The van der Waals surface area contributed by atoms with Crippen LogP contribution in [0.3, 0.4) is 0 Å². The van der Waals surface area contributed by atoms with E-state index in [1.807, 2.05) is 26.2 Å². The van der Waals surface area contributed by atoms with Gasteiger partial charge in [-0.25, -0.2) is 0 Å². The Labute approximate surface area is 127 Å². The van der Waals surface area contributed by atoms with Gasteiger partial charge < -0.3 is 15.0 Å². The van der Waals surface area contributed by atoms with Crippen molar-refractivity contribution in [3.8, 4) is 5.75 Å². The molecule has 0 bridgehead atoms. The maximum Gasteiger partial charge on any atom is 0.119 e. The van der Waals surface area contributed by atoms with Crippen LogP contribution in [-0.2, 0) is 6.54 Å². The molecule has 3 heteroatoms. The molecule has 0 radical (unpaired) electrons. The van der Waals surface area contributed by atoms with Crippen molar-refractivity contribution < 1.29 is 4.74 Å². The van der Waals surface area contributed by atoms with E-state index in [0.29, 0.717) is 0 Å². The molecule has 0 heterocycles. The van der Waals surface area contributed by atoms with Crippen LogP contribution in [0.2, 0.25) is 0 Å². The summed E-state index contributed by atoms with van der Waals surface area (Å²) in [7, 11) is 4.09. The number of hydrogen-bond donors (Lipinski definition) is 1. The monoisotopic (exact) mass is 284 g/mol. The van der Waals surface area contributed by atoms with Crippen molar-refractivity contribution in [2.24, 2.45) is 0 Å². The van der Waals surface area contributed by atoms with Gasteiger partial charge in [-0.3, -0.25) is 0 Å². The molecule has 0 spiro atoms. The fourth-order valence-electron chi connectivity index (χ4n) is 2.05. The molecule has 0 aliphatic heterocycles. The smallest absolute Gasteiger partial charge is 0.119 e. The molecule has 0 atom stereocenters. The summed E-state index contributed by atoms with van der Waals surface area (Å²) in [6, 6.07) is 16.7. The van der Waals surface area contributed by atoms with Gasteiger partial charge in [-0.1, -0.05) is 19.1 Å². The minimum Gasteiger partial charge on any atom is -0.494 e. The Kier molecular flexibility index (Phi) is 5.50. The lowest BCUT2D eigenvalue weighted by Gasteiger charge is -2.13. The summed E-state index contributed by atoms with van der Waals surface area (Å²) in [5.74, 6) is 0.944.